The molecule has 1 aliphatic rings. The third-order valence-electron chi connectivity index (χ3n) is 3.29. The topological polar surface area (TPSA) is 37.4 Å². The molecule has 2 aromatic carbocycles. The van der Waals surface area contributed by atoms with Crippen LogP contribution in [0.2, 0.25) is 0 Å². The van der Waals surface area contributed by atoms with E-state index in [-0.39, 0.29) is 0 Å². The van der Waals surface area contributed by atoms with E-state index in [9.17, 15) is 9.59 Å². The first-order valence-corrected chi connectivity index (χ1v) is 7.34. The van der Waals surface area contributed by atoms with Crippen LogP contribution in [0, 0.1) is 0 Å². The zero-order valence-electron chi connectivity index (χ0n) is 11.4. The molecule has 2 aromatic rings. The Hall–Kier alpha value is -2.33. The molecular weight excluding hydrogens is 282 g/mol. The first kappa shape index (κ1) is 13.6. The van der Waals surface area contributed by atoms with Crippen LogP contribution in [-0.2, 0) is 4.79 Å². The second-order valence-electron chi connectivity index (χ2n) is 4.67. The van der Waals surface area contributed by atoms with Crippen LogP contribution in [0.5, 0.6) is 0 Å². The number of carbonyl (C=O) groups excluding carboxylic acids is 2. The van der Waals surface area contributed by atoms with E-state index >= 15 is 0 Å². The number of allylic oxidation sites excluding steroid dienone is 1. The second kappa shape index (κ2) is 5.58. The van der Waals surface area contributed by atoms with Crippen LogP contribution < -0.4 is 4.90 Å². The molecule has 1 heterocycles. The maximum atomic E-state index is 12.1. The highest BCUT2D eigenvalue weighted by molar-refractivity contribution is 8.03. The van der Waals surface area contributed by atoms with Gasteiger partial charge in [-0.15, -0.1) is 0 Å². The van der Waals surface area contributed by atoms with E-state index in [0.29, 0.717) is 5.56 Å². The zero-order chi connectivity index (χ0) is 14.8. The monoisotopic (exact) mass is 295 g/mol. The molecule has 0 radical (unpaired) electrons. The highest BCUT2D eigenvalue weighted by Crippen LogP contribution is 2.44. The summed E-state index contributed by atoms with van der Waals surface area (Å²) in [6.07, 6.45) is 1.42. The molecule has 0 fully saturated rings. The van der Waals surface area contributed by atoms with Gasteiger partial charge in [0.1, 0.15) is 0 Å². The summed E-state index contributed by atoms with van der Waals surface area (Å²) in [7, 11) is 1.89. The van der Waals surface area contributed by atoms with Gasteiger partial charge in [0.15, 0.2) is 0 Å². The van der Waals surface area contributed by atoms with Crippen LogP contribution in [0.15, 0.2) is 70.6 Å². The minimum absolute atomic E-state index is 0.419. The number of fused-ring (bicyclic) bond motifs is 1. The Bertz CT molecular complexity index is 737. The second-order valence-corrected chi connectivity index (χ2v) is 5.73. The van der Waals surface area contributed by atoms with E-state index in [2.05, 4.69) is 0 Å². The maximum Gasteiger partial charge on any atom is 0.232 e. The third-order valence-corrected chi connectivity index (χ3v) is 4.45. The van der Waals surface area contributed by atoms with Gasteiger partial charge in [-0.05, 0) is 12.1 Å². The van der Waals surface area contributed by atoms with Gasteiger partial charge < -0.3 is 4.90 Å². The van der Waals surface area contributed by atoms with Crippen molar-refractivity contribution in [1.29, 1.82) is 0 Å². The molecule has 0 unspecified atom stereocenters. The molecule has 1 aliphatic heterocycles. The predicted molar refractivity (Wildman–Crippen MR) is 84.6 cm³/mol. The summed E-state index contributed by atoms with van der Waals surface area (Å²) in [5, 5.41) is 0.769. The van der Waals surface area contributed by atoms with Gasteiger partial charge in [0.05, 0.1) is 10.7 Å². The van der Waals surface area contributed by atoms with Crippen molar-refractivity contribution >= 4 is 29.0 Å². The van der Waals surface area contributed by atoms with E-state index in [1.165, 1.54) is 17.8 Å². The van der Waals surface area contributed by atoms with Gasteiger partial charge >= 0.3 is 0 Å². The molecule has 0 aliphatic carbocycles. The largest absolute Gasteiger partial charge is 0.338 e. The zero-order valence-corrected chi connectivity index (χ0v) is 12.3. The highest BCUT2D eigenvalue weighted by atomic mass is 32.2. The van der Waals surface area contributed by atoms with E-state index < -0.39 is 11.6 Å². The van der Waals surface area contributed by atoms with Gasteiger partial charge in [-0.1, -0.05) is 54.2 Å². The number of para-hydroxylation sites is 1. The first-order chi connectivity index (χ1) is 10.2. The molecule has 0 saturated carbocycles. The Morgan fingerprint density at radius 2 is 1.67 bits per heavy atom. The molecule has 0 aromatic heterocycles. The molecule has 3 rings (SSSR count). The molecule has 0 N–H and O–H groups in total. The summed E-state index contributed by atoms with van der Waals surface area (Å²) >= 11 is 1.50. The molecule has 4 heteroatoms. The lowest BCUT2D eigenvalue weighted by Crippen LogP contribution is -2.16. The average Bonchev–Trinajstić information content (AvgIpc) is 2.84. The number of hydrogen-bond donors (Lipinski definition) is 0. The van der Waals surface area contributed by atoms with Gasteiger partial charge in [0.25, 0.3) is 0 Å². The lowest BCUT2D eigenvalue weighted by molar-refractivity contribution is -0.111. The lowest BCUT2D eigenvalue weighted by atomic mass is 10.1. The molecule has 0 spiro atoms. The Morgan fingerprint density at radius 3 is 2.38 bits per heavy atom. The van der Waals surface area contributed by atoms with Crippen LogP contribution in [0.25, 0.3) is 0 Å². The number of thioether (sulfide) groups is 1. The minimum Gasteiger partial charge on any atom is -0.338 e. The van der Waals surface area contributed by atoms with Crippen molar-refractivity contribution in [3.05, 3.63) is 71.3 Å². The normalized spacial score (nSPS) is 15.1. The smallest absolute Gasteiger partial charge is 0.232 e. The number of Topliss-reactive ketones (excluding diaryl/α,β-unsaturated/α-hetero) is 1. The van der Waals surface area contributed by atoms with Gasteiger partial charge in [0.2, 0.25) is 11.6 Å². The van der Waals surface area contributed by atoms with Crippen molar-refractivity contribution in [2.45, 2.75) is 4.90 Å². The van der Waals surface area contributed by atoms with E-state index in [1.54, 1.807) is 24.3 Å². The van der Waals surface area contributed by atoms with Gasteiger partial charge in [-0.25, -0.2) is 0 Å². The van der Waals surface area contributed by atoms with Crippen LogP contribution in [0.3, 0.4) is 0 Å². The Labute approximate surface area is 127 Å². The molecule has 3 nitrogen and oxygen atoms in total. The van der Waals surface area contributed by atoms with Crippen molar-refractivity contribution in [2.24, 2.45) is 0 Å². The fourth-order valence-corrected chi connectivity index (χ4v) is 3.24. The van der Waals surface area contributed by atoms with Crippen LogP contribution in [0.4, 0.5) is 5.69 Å². The van der Waals surface area contributed by atoms with Crippen molar-refractivity contribution in [3.8, 4) is 0 Å². The van der Waals surface area contributed by atoms with Crippen LogP contribution >= 0.6 is 11.8 Å². The summed E-state index contributed by atoms with van der Waals surface area (Å²) in [5.41, 5.74) is 1.47. The Morgan fingerprint density at radius 1 is 1.00 bits per heavy atom. The maximum absolute atomic E-state index is 12.1. The van der Waals surface area contributed by atoms with E-state index in [4.69, 9.17) is 0 Å². The fourth-order valence-electron chi connectivity index (χ4n) is 2.16. The summed E-state index contributed by atoms with van der Waals surface area (Å²) < 4.78 is 0. The lowest BCUT2D eigenvalue weighted by Gasteiger charge is -2.12. The molecule has 0 amide bonds. The molecule has 0 saturated heterocycles. The van der Waals surface area contributed by atoms with Crippen molar-refractivity contribution in [2.75, 3.05) is 11.9 Å². The summed E-state index contributed by atoms with van der Waals surface area (Å²) in [5.74, 6) is -0.976. The molecule has 0 bridgehead atoms. The van der Waals surface area contributed by atoms with Crippen molar-refractivity contribution in [3.63, 3.8) is 0 Å². The van der Waals surface area contributed by atoms with Gasteiger partial charge in [-0.3, -0.25) is 9.59 Å². The number of nitrogens with zero attached hydrogens (tertiary/aromatic N) is 1. The molecule has 21 heavy (non-hydrogen) atoms. The number of benzene rings is 2. The Kier molecular flexibility index (Phi) is 3.62. The summed E-state index contributed by atoms with van der Waals surface area (Å²) in [6.45, 7) is 0. The van der Waals surface area contributed by atoms with E-state index in [1.807, 2.05) is 42.3 Å². The number of hydrogen-bond acceptors (Lipinski definition) is 4. The quantitative estimate of drug-likeness (QED) is 0.493. The number of carbonyl (C=O) groups is 2. The number of ketones is 2. The highest BCUT2D eigenvalue weighted by Gasteiger charge is 2.23. The minimum atomic E-state index is -0.497. The van der Waals surface area contributed by atoms with Crippen molar-refractivity contribution in [1.82, 2.24) is 0 Å². The third kappa shape index (κ3) is 2.62. The van der Waals surface area contributed by atoms with Crippen LogP contribution in [-0.4, -0.2) is 18.6 Å². The van der Waals surface area contributed by atoms with Gasteiger partial charge in [0, 0.05) is 23.6 Å². The Balaban J connectivity index is 1.84. The summed E-state index contributed by atoms with van der Waals surface area (Å²) in [6, 6.07) is 16.5. The first-order valence-electron chi connectivity index (χ1n) is 6.53. The number of rotatable bonds is 3. The van der Waals surface area contributed by atoms with Crippen LogP contribution in [0.1, 0.15) is 10.4 Å². The molecule has 0 atom stereocenters. The molecule has 104 valence electrons. The van der Waals surface area contributed by atoms with Crippen molar-refractivity contribution < 1.29 is 9.59 Å². The standard InChI is InChI=1S/C17H13NO2S/c1-18-13-9-5-6-10-15(13)21-16(18)11-14(19)17(20)12-7-3-2-4-8-12/h2-11H,1H3. The average molecular weight is 295 g/mol. The fraction of sp³-hybridized carbons (Fsp3) is 0.0588. The summed E-state index contributed by atoms with van der Waals surface area (Å²) in [4.78, 5) is 27.2. The number of anilines is 1. The van der Waals surface area contributed by atoms with Gasteiger partial charge in [-0.2, -0.15) is 0 Å². The SMILES string of the molecule is CN1C(=CC(=O)C(=O)c2ccccc2)Sc2ccccc21. The van der Waals surface area contributed by atoms with E-state index in [0.717, 1.165) is 15.6 Å². The molecular formula is C17H13NO2S. The predicted octanol–water partition coefficient (Wildman–Crippen LogP) is 3.52.